The molecule has 0 spiro atoms. The predicted octanol–water partition coefficient (Wildman–Crippen LogP) is 2.98. The van der Waals surface area contributed by atoms with E-state index in [1.807, 2.05) is 0 Å². The second kappa shape index (κ2) is 4.83. The highest BCUT2D eigenvalue weighted by Crippen LogP contribution is 2.29. The van der Waals surface area contributed by atoms with Crippen molar-refractivity contribution in [3.63, 3.8) is 0 Å². The molecule has 0 radical (unpaired) electrons. The van der Waals surface area contributed by atoms with Crippen molar-refractivity contribution in [3.8, 4) is 0 Å². The zero-order chi connectivity index (χ0) is 15.9. The number of hydrogen-bond donors (Lipinski definition) is 2. The summed E-state index contributed by atoms with van der Waals surface area (Å²) in [4.78, 5) is 22.3. The molecule has 0 aliphatic heterocycles. The molecule has 2 N–H and O–H groups in total. The Labute approximate surface area is 118 Å². The molecular weight excluding hydrogens is 284 g/mol. The zero-order valence-corrected chi connectivity index (χ0v) is 11.6. The Morgan fingerprint density at radius 2 is 1.90 bits per heavy atom. The van der Waals surface area contributed by atoms with E-state index in [0.717, 1.165) is 12.1 Å². The van der Waals surface area contributed by atoms with Crippen LogP contribution in [0.3, 0.4) is 0 Å². The Balaban J connectivity index is 2.76. The Kier molecular flexibility index (Phi) is 3.44. The molecule has 7 heteroatoms. The van der Waals surface area contributed by atoms with Crippen LogP contribution < -0.4 is 10.9 Å². The largest absolute Gasteiger partial charge is 0.477 e. The molecule has 0 saturated carbocycles. The SMILES string of the molecule is CC(C)(C)Nc1c(F)cc2cc(C(=O)O)c(=O)oc2c1F. The van der Waals surface area contributed by atoms with E-state index in [9.17, 15) is 18.4 Å². The molecule has 0 amide bonds. The lowest BCUT2D eigenvalue weighted by Crippen LogP contribution is -2.27. The fraction of sp³-hybridized carbons (Fsp3) is 0.286. The van der Waals surface area contributed by atoms with Gasteiger partial charge in [0.05, 0.1) is 0 Å². The van der Waals surface area contributed by atoms with Crippen LogP contribution in [0.15, 0.2) is 21.3 Å². The Hall–Kier alpha value is -2.44. The molecule has 0 saturated heterocycles. The maximum atomic E-state index is 14.3. The fourth-order valence-electron chi connectivity index (χ4n) is 1.83. The molecule has 1 heterocycles. The van der Waals surface area contributed by atoms with E-state index in [4.69, 9.17) is 5.11 Å². The first-order chi connectivity index (χ1) is 9.60. The normalized spacial score (nSPS) is 11.7. The molecular formula is C14H13F2NO4. The van der Waals surface area contributed by atoms with Crippen LogP contribution in [0.1, 0.15) is 31.1 Å². The van der Waals surface area contributed by atoms with Gasteiger partial charge in [-0.15, -0.1) is 0 Å². The third kappa shape index (κ3) is 2.86. The monoisotopic (exact) mass is 297 g/mol. The van der Waals surface area contributed by atoms with Gasteiger partial charge >= 0.3 is 11.6 Å². The summed E-state index contributed by atoms with van der Waals surface area (Å²) in [6, 6.07) is 1.80. The number of carboxylic acids is 1. The van der Waals surface area contributed by atoms with Gasteiger partial charge in [-0.05, 0) is 32.9 Å². The number of anilines is 1. The van der Waals surface area contributed by atoms with Gasteiger partial charge in [0, 0.05) is 10.9 Å². The van der Waals surface area contributed by atoms with Crippen molar-refractivity contribution in [2.24, 2.45) is 0 Å². The highest BCUT2D eigenvalue weighted by molar-refractivity contribution is 5.92. The number of rotatable bonds is 2. The van der Waals surface area contributed by atoms with E-state index in [-0.39, 0.29) is 5.39 Å². The van der Waals surface area contributed by atoms with E-state index in [1.165, 1.54) is 0 Å². The third-order valence-corrected chi connectivity index (χ3v) is 2.65. The topological polar surface area (TPSA) is 79.5 Å². The Bertz CT molecular complexity index is 790. The van der Waals surface area contributed by atoms with Gasteiger partial charge < -0.3 is 14.8 Å². The van der Waals surface area contributed by atoms with E-state index >= 15 is 0 Å². The minimum absolute atomic E-state index is 0.138. The first-order valence-electron chi connectivity index (χ1n) is 6.07. The minimum atomic E-state index is -1.52. The number of aromatic carboxylic acids is 1. The molecule has 21 heavy (non-hydrogen) atoms. The van der Waals surface area contributed by atoms with Crippen LogP contribution in [-0.4, -0.2) is 16.6 Å². The fourth-order valence-corrected chi connectivity index (χ4v) is 1.83. The Morgan fingerprint density at radius 1 is 1.29 bits per heavy atom. The van der Waals surface area contributed by atoms with Crippen molar-refractivity contribution < 1.29 is 23.1 Å². The summed E-state index contributed by atoms with van der Waals surface area (Å²) in [7, 11) is 0. The zero-order valence-electron chi connectivity index (χ0n) is 11.6. The molecule has 0 aliphatic rings. The minimum Gasteiger partial charge on any atom is -0.477 e. The lowest BCUT2D eigenvalue weighted by Gasteiger charge is -2.23. The number of halogens is 2. The molecule has 0 fully saturated rings. The number of hydrogen-bond acceptors (Lipinski definition) is 4. The maximum Gasteiger partial charge on any atom is 0.351 e. The lowest BCUT2D eigenvalue weighted by atomic mass is 10.1. The van der Waals surface area contributed by atoms with Gasteiger partial charge in [0.15, 0.2) is 11.4 Å². The van der Waals surface area contributed by atoms with Crippen LogP contribution >= 0.6 is 0 Å². The van der Waals surface area contributed by atoms with Crippen molar-refractivity contribution in [3.05, 3.63) is 39.8 Å². The summed E-state index contributed by atoms with van der Waals surface area (Å²) in [5, 5.41) is 11.3. The van der Waals surface area contributed by atoms with Crippen LogP contribution in [0.25, 0.3) is 11.0 Å². The number of fused-ring (bicyclic) bond motifs is 1. The molecule has 0 atom stereocenters. The summed E-state index contributed by atoms with van der Waals surface area (Å²) in [6.07, 6.45) is 0. The van der Waals surface area contributed by atoms with Crippen LogP contribution in [0.4, 0.5) is 14.5 Å². The third-order valence-electron chi connectivity index (χ3n) is 2.65. The number of benzene rings is 1. The summed E-state index contributed by atoms with van der Waals surface area (Å²) >= 11 is 0. The molecule has 1 aromatic carbocycles. The van der Waals surface area contributed by atoms with Crippen molar-refractivity contribution in [2.75, 3.05) is 5.32 Å². The summed E-state index contributed by atoms with van der Waals surface area (Å²) in [5.41, 5.74) is -3.41. The smallest absolute Gasteiger partial charge is 0.351 e. The molecule has 2 aromatic rings. The molecule has 5 nitrogen and oxygen atoms in total. The quantitative estimate of drug-likeness (QED) is 0.833. The summed E-state index contributed by atoms with van der Waals surface area (Å²) in [5.74, 6) is -3.50. The molecule has 1 aromatic heterocycles. The van der Waals surface area contributed by atoms with Crippen LogP contribution in [0.2, 0.25) is 0 Å². The average molecular weight is 297 g/mol. The van der Waals surface area contributed by atoms with Crippen LogP contribution in [0, 0.1) is 11.6 Å². The highest BCUT2D eigenvalue weighted by Gasteiger charge is 2.22. The first-order valence-corrected chi connectivity index (χ1v) is 6.07. The van der Waals surface area contributed by atoms with Crippen LogP contribution in [0.5, 0.6) is 0 Å². The number of nitrogens with one attached hydrogen (secondary N) is 1. The summed E-state index contributed by atoms with van der Waals surface area (Å²) in [6.45, 7) is 5.12. The number of carboxylic acid groups (broad SMARTS) is 1. The lowest BCUT2D eigenvalue weighted by molar-refractivity contribution is 0.0692. The second-order valence-electron chi connectivity index (χ2n) is 5.59. The van der Waals surface area contributed by atoms with E-state index in [0.29, 0.717) is 0 Å². The molecule has 112 valence electrons. The van der Waals surface area contributed by atoms with Gasteiger partial charge in [0.2, 0.25) is 0 Å². The van der Waals surface area contributed by atoms with Gasteiger partial charge in [-0.2, -0.15) is 0 Å². The van der Waals surface area contributed by atoms with Crippen LogP contribution in [-0.2, 0) is 0 Å². The summed E-state index contributed by atoms with van der Waals surface area (Å²) < 4.78 is 32.9. The van der Waals surface area contributed by atoms with E-state index in [2.05, 4.69) is 9.73 Å². The molecule has 0 bridgehead atoms. The Morgan fingerprint density at radius 3 is 2.43 bits per heavy atom. The van der Waals surface area contributed by atoms with Gasteiger partial charge in [-0.25, -0.2) is 18.4 Å². The number of carbonyl (C=O) groups is 1. The standard InChI is InChI=1S/C14H13F2NO4/c1-14(2,3)17-10-8(15)5-6-4-7(12(18)19)13(20)21-11(6)9(10)16/h4-5,17H,1-3H3,(H,18,19). The maximum absolute atomic E-state index is 14.3. The van der Waals surface area contributed by atoms with Gasteiger partial charge in [0.1, 0.15) is 17.1 Å². The van der Waals surface area contributed by atoms with Crippen molar-refractivity contribution in [1.82, 2.24) is 0 Å². The van der Waals surface area contributed by atoms with Crippen molar-refractivity contribution in [2.45, 2.75) is 26.3 Å². The molecule has 0 unspecified atom stereocenters. The van der Waals surface area contributed by atoms with E-state index in [1.54, 1.807) is 20.8 Å². The molecule has 0 aliphatic carbocycles. The van der Waals surface area contributed by atoms with Gasteiger partial charge in [0.25, 0.3) is 0 Å². The van der Waals surface area contributed by atoms with E-state index < -0.39 is 45.6 Å². The van der Waals surface area contributed by atoms with Gasteiger partial charge in [-0.1, -0.05) is 0 Å². The van der Waals surface area contributed by atoms with Crippen molar-refractivity contribution in [1.29, 1.82) is 0 Å². The predicted molar refractivity (Wildman–Crippen MR) is 72.7 cm³/mol. The van der Waals surface area contributed by atoms with Gasteiger partial charge in [-0.3, -0.25) is 0 Å². The average Bonchev–Trinajstić information content (AvgIpc) is 2.33. The first kappa shape index (κ1) is 15.0. The second-order valence-corrected chi connectivity index (χ2v) is 5.59. The highest BCUT2D eigenvalue weighted by atomic mass is 19.1. The van der Waals surface area contributed by atoms with Crippen molar-refractivity contribution >= 4 is 22.6 Å². The molecule has 2 rings (SSSR count).